The molecule has 1 aliphatic carbocycles. The predicted molar refractivity (Wildman–Crippen MR) is 56.8 cm³/mol. The van der Waals surface area contributed by atoms with E-state index < -0.39 is 0 Å². The first-order valence-corrected chi connectivity index (χ1v) is 5.36. The van der Waals surface area contributed by atoms with E-state index in [-0.39, 0.29) is 5.92 Å². The summed E-state index contributed by atoms with van der Waals surface area (Å²) in [5, 5.41) is 9.07. The molecule has 0 aliphatic heterocycles. The van der Waals surface area contributed by atoms with E-state index in [0.717, 1.165) is 6.42 Å². The van der Waals surface area contributed by atoms with Crippen LogP contribution in [0, 0.1) is 17.2 Å². The minimum Gasteiger partial charge on any atom is -0.198 e. The van der Waals surface area contributed by atoms with Crippen molar-refractivity contribution >= 4 is 0 Å². The summed E-state index contributed by atoms with van der Waals surface area (Å²) in [5.74, 6) is 0.723. The highest BCUT2D eigenvalue weighted by atomic mass is 14.3. The molecule has 1 saturated carbocycles. The van der Waals surface area contributed by atoms with E-state index in [4.69, 9.17) is 5.26 Å². The maximum Gasteiger partial charge on any atom is 0.0662 e. The molecule has 2 atom stereocenters. The lowest BCUT2D eigenvalue weighted by molar-refractivity contribution is 0.369. The normalized spacial score (nSPS) is 26.8. The van der Waals surface area contributed by atoms with Gasteiger partial charge >= 0.3 is 0 Å². The monoisotopic (exact) mass is 185 g/mol. The molecule has 14 heavy (non-hydrogen) atoms. The topological polar surface area (TPSA) is 23.8 Å². The van der Waals surface area contributed by atoms with Crippen molar-refractivity contribution in [3.05, 3.63) is 35.9 Å². The second-order valence-electron chi connectivity index (χ2n) is 4.04. The second kappa shape index (κ2) is 4.28. The third-order valence-corrected chi connectivity index (χ3v) is 3.16. The van der Waals surface area contributed by atoms with Gasteiger partial charge in [0.05, 0.1) is 12.0 Å². The Morgan fingerprint density at radius 2 is 1.79 bits per heavy atom. The van der Waals surface area contributed by atoms with Gasteiger partial charge in [0, 0.05) is 0 Å². The van der Waals surface area contributed by atoms with Crippen molar-refractivity contribution in [2.45, 2.75) is 31.6 Å². The van der Waals surface area contributed by atoms with Gasteiger partial charge in [0.1, 0.15) is 0 Å². The van der Waals surface area contributed by atoms with E-state index >= 15 is 0 Å². The summed E-state index contributed by atoms with van der Waals surface area (Å²) in [6.45, 7) is 0. The van der Waals surface area contributed by atoms with Gasteiger partial charge in [-0.25, -0.2) is 0 Å². The van der Waals surface area contributed by atoms with Crippen molar-refractivity contribution in [2.24, 2.45) is 5.92 Å². The maximum absolute atomic E-state index is 9.07. The van der Waals surface area contributed by atoms with Crippen LogP contribution in [0.5, 0.6) is 0 Å². The summed E-state index contributed by atoms with van der Waals surface area (Å²) in [7, 11) is 0. The molecule has 0 aromatic heterocycles. The van der Waals surface area contributed by atoms with E-state index in [1.54, 1.807) is 0 Å². The van der Waals surface area contributed by atoms with Crippen LogP contribution in [0.4, 0.5) is 0 Å². The van der Waals surface area contributed by atoms with Crippen LogP contribution < -0.4 is 0 Å². The Balaban J connectivity index is 2.20. The zero-order valence-corrected chi connectivity index (χ0v) is 8.32. The van der Waals surface area contributed by atoms with Crippen molar-refractivity contribution in [3.63, 3.8) is 0 Å². The van der Waals surface area contributed by atoms with Gasteiger partial charge < -0.3 is 0 Å². The van der Waals surface area contributed by atoms with Crippen molar-refractivity contribution < 1.29 is 0 Å². The summed E-state index contributed by atoms with van der Waals surface area (Å²) in [5.41, 5.74) is 1.35. The van der Waals surface area contributed by atoms with Crippen LogP contribution in [-0.2, 0) is 0 Å². The molecule has 1 aliphatic rings. The van der Waals surface area contributed by atoms with Gasteiger partial charge in [0.15, 0.2) is 0 Å². The number of nitrogens with zero attached hydrogens (tertiary/aromatic N) is 1. The van der Waals surface area contributed by atoms with E-state index in [2.05, 4.69) is 30.3 Å². The lowest BCUT2D eigenvalue weighted by Crippen LogP contribution is -2.15. The summed E-state index contributed by atoms with van der Waals surface area (Å²) in [6, 6.07) is 12.9. The average molecular weight is 185 g/mol. The quantitative estimate of drug-likeness (QED) is 0.657. The average Bonchev–Trinajstić information content (AvgIpc) is 2.30. The van der Waals surface area contributed by atoms with E-state index in [1.165, 1.54) is 24.8 Å². The fourth-order valence-corrected chi connectivity index (χ4v) is 2.38. The minimum atomic E-state index is 0.242. The fourth-order valence-electron chi connectivity index (χ4n) is 2.38. The Hall–Kier alpha value is -1.29. The number of hydrogen-bond donors (Lipinski definition) is 0. The Bertz CT molecular complexity index is 323. The molecule has 2 rings (SSSR count). The van der Waals surface area contributed by atoms with Crippen LogP contribution in [0.25, 0.3) is 0 Å². The Labute approximate surface area is 85.4 Å². The van der Waals surface area contributed by atoms with Crippen molar-refractivity contribution in [3.8, 4) is 6.07 Å². The molecule has 1 aromatic rings. The molecular weight excluding hydrogens is 170 g/mol. The molecule has 0 bridgehead atoms. The van der Waals surface area contributed by atoms with Crippen LogP contribution in [0.2, 0.25) is 0 Å². The molecule has 1 nitrogen and oxygen atoms in total. The molecule has 72 valence electrons. The smallest absolute Gasteiger partial charge is 0.0662 e. The maximum atomic E-state index is 9.07. The van der Waals surface area contributed by atoms with Crippen LogP contribution in [0.1, 0.15) is 37.2 Å². The Morgan fingerprint density at radius 3 is 2.50 bits per heavy atom. The zero-order chi connectivity index (χ0) is 9.80. The van der Waals surface area contributed by atoms with Crippen LogP contribution in [0.3, 0.4) is 0 Å². The highest BCUT2D eigenvalue weighted by Crippen LogP contribution is 2.36. The first-order valence-electron chi connectivity index (χ1n) is 5.36. The molecular formula is C13H15N. The first-order chi connectivity index (χ1) is 6.92. The Kier molecular flexibility index (Phi) is 2.84. The van der Waals surface area contributed by atoms with Crippen LogP contribution in [-0.4, -0.2) is 0 Å². The largest absolute Gasteiger partial charge is 0.198 e. The number of nitriles is 1. The van der Waals surface area contributed by atoms with Gasteiger partial charge in [-0.1, -0.05) is 43.2 Å². The fraction of sp³-hybridized carbons (Fsp3) is 0.462. The zero-order valence-electron chi connectivity index (χ0n) is 8.32. The van der Waals surface area contributed by atoms with E-state index in [0.29, 0.717) is 5.92 Å². The van der Waals surface area contributed by atoms with E-state index in [1.807, 2.05) is 6.07 Å². The lowest BCUT2D eigenvalue weighted by Gasteiger charge is -2.26. The molecule has 0 heterocycles. The van der Waals surface area contributed by atoms with Crippen molar-refractivity contribution in [2.75, 3.05) is 0 Å². The van der Waals surface area contributed by atoms with Gasteiger partial charge in [-0.3, -0.25) is 0 Å². The molecule has 0 unspecified atom stereocenters. The van der Waals surface area contributed by atoms with Crippen LogP contribution >= 0.6 is 0 Å². The number of hydrogen-bond acceptors (Lipinski definition) is 1. The van der Waals surface area contributed by atoms with Crippen molar-refractivity contribution in [1.29, 1.82) is 5.26 Å². The van der Waals surface area contributed by atoms with Gasteiger partial charge in [-0.2, -0.15) is 5.26 Å². The molecule has 1 aromatic carbocycles. The van der Waals surface area contributed by atoms with Gasteiger partial charge in [0.2, 0.25) is 0 Å². The van der Waals surface area contributed by atoms with Crippen molar-refractivity contribution in [1.82, 2.24) is 0 Å². The highest BCUT2D eigenvalue weighted by Gasteiger charge is 2.25. The lowest BCUT2D eigenvalue weighted by atomic mass is 9.76. The van der Waals surface area contributed by atoms with Gasteiger partial charge in [0.25, 0.3) is 0 Å². The molecule has 0 amide bonds. The molecule has 0 saturated heterocycles. The molecule has 0 radical (unpaired) electrons. The second-order valence-corrected chi connectivity index (χ2v) is 4.04. The van der Waals surface area contributed by atoms with Gasteiger partial charge in [-0.15, -0.1) is 0 Å². The predicted octanol–water partition coefficient (Wildman–Crippen LogP) is 3.48. The SMILES string of the molecule is N#C[C@@H]1CCCC[C@H]1c1ccccc1. The summed E-state index contributed by atoms with van der Waals surface area (Å²) >= 11 is 0. The van der Waals surface area contributed by atoms with Gasteiger partial charge in [-0.05, 0) is 24.3 Å². The number of benzene rings is 1. The summed E-state index contributed by atoms with van der Waals surface area (Å²) in [6.07, 6.45) is 4.76. The molecule has 0 N–H and O–H groups in total. The Morgan fingerprint density at radius 1 is 1.07 bits per heavy atom. The third-order valence-electron chi connectivity index (χ3n) is 3.16. The minimum absolute atomic E-state index is 0.242. The highest BCUT2D eigenvalue weighted by molar-refractivity contribution is 5.22. The third kappa shape index (κ3) is 1.80. The summed E-state index contributed by atoms with van der Waals surface area (Å²) in [4.78, 5) is 0. The van der Waals surface area contributed by atoms with Crippen LogP contribution in [0.15, 0.2) is 30.3 Å². The molecule has 0 spiro atoms. The first kappa shape index (κ1) is 9.27. The number of rotatable bonds is 1. The summed E-state index contributed by atoms with van der Waals surface area (Å²) < 4.78 is 0. The van der Waals surface area contributed by atoms with E-state index in [9.17, 15) is 0 Å². The molecule has 1 heteroatoms. The molecule has 1 fully saturated rings. The standard InChI is InChI=1S/C13H15N/c14-10-12-8-4-5-9-13(12)11-6-2-1-3-7-11/h1-3,6-7,12-13H,4-5,8-9H2/t12-,13-/m0/s1.